The van der Waals surface area contributed by atoms with Crippen LogP contribution in [0.3, 0.4) is 0 Å². The van der Waals surface area contributed by atoms with Crippen molar-refractivity contribution in [2.45, 2.75) is 52.3 Å². The summed E-state index contributed by atoms with van der Waals surface area (Å²) in [6, 6.07) is 3.23. The minimum atomic E-state index is -0.556. The van der Waals surface area contributed by atoms with E-state index in [1.54, 1.807) is 34.0 Å². The zero-order valence-corrected chi connectivity index (χ0v) is 19.5. The van der Waals surface area contributed by atoms with Crippen molar-refractivity contribution in [3.8, 4) is 11.6 Å². The maximum Gasteiger partial charge on any atom is 0.410 e. The topological polar surface area (TPSA) is 96.6 Å². The van der Waals surface area contributed by atoms with Crippen LogP contribution in [0.2, 0.25) is 5.02 Å². The molecule has 1 aliphatic rings. The normalized spacial score (nSPS) is 19.4. The fraction of sp³-hybridized carbons (Fsp3) is 0.455. The van der Waals surface area contributed by atoms with Crippen molar-refractivity contribution in [2.24, 2.45) is 0 Å². The molecule has 2 atom stereocenters. The van der Waals surface area contributed by atoms with Crippen LogP contribution in [0.15, 0.2) is 30.9 Å². The highest BCUT2D eigenvalue weighted by molar-refractivity contribution is 6.30. The molecule has 170 valence electrons. The number of piperazine rings is 1. The third-order valence-corrected chi connectivity index (χ3v) is 5.62. The summed E-state index contributed by atoms with van der Waals surface area (Å²) in [5.74, 6) is 1.20. The number of nitrogens with zero attached hydrogens (tertiary/aromatic N) is 6. The number of rotatable bonds is 2. The molecule has 9 nitrogen and oxygen atoms in total. The van der Waals surface area contributed by atoms with Gasteiger partial charge in [0.25, 0.3) is 0 Å². The molecule has 10 heteroatoms. The van der Waals surface area contributed by atoms with E-state index in [-0.39, 0.29) is 23.9 Å². The Hall–Kier alpha value is -3.07. The molecule has 4 heterocycles. The number of hydrogen-bond acceptors (Lipinski definition) is 7. The van der Waals surface area contributed by atoms with Gasteiger partial charge in [-0.05, 0) is 40.7 Å². The second-order valence-electron chi connectivity index (χ2n) is 9.10. The minimum Gasteiger partial charge on any atom is -0.505 e. The van der Waals surface area contributed by atoms with E-state index in [2.05, 4.69) is 19.9 Å². The fourth-order valence-corrected chi connectivity index (χ4v) is 4.10. The molecule has 0 aromatic carbocycles. The monoisotopic (exact) mass is 458 g/mol. The Labute approximate surface area is 191 Å². The second kappa shape index (κ2) is 8.12. The van der Waals surface area contributed by atoms with Crippen LogP contribution in [-0.2, 0) is 4.74 Å². The summed E-state index contributed by atoms with van der Waals surface area (Å²) in [4.78, 5) is 29.7. The molecule has 1 aliphatic heterocycles. The minimum absolute atomic E-state index is 0.0480. The lowest BCUT2D eigenvalue weighted by molar-refractivity contribution is 0.0130. The van der Waals surface area contributed by atoms with Crippen LogP contribution < -0.4 is 4.90 Å². The highest BCUT2D eigenvalue weighted by Gasteiger charge is 2.36. The van der Waals surface area contributed by atoms with Gasteiger partial charge in [0.2, 0.25) is 0 Å². The molecule has 0 radical (unpaired) electrons. The molecule has 1 unspecified atom stereocenters. The van der Waals surface area contributed by atoms with Crippen molar-refractivity contribution in [1.29, 1.82) is 0 Å². The highest BCUT2D eigenvalue weighted by atomic mass is 35.5. The van der Waals surface area contributed by atoms with Gasteiger partial charge in [0.15, 0.2) is 5.65 Å². The van der Waals surface area contributed by atoms with Gasteiger partial charge in [-0.2, -0.15) is 0 Å². The number of ether oxygens (including phenoxy) is 1. The Morgan fingerprint density at radius 3 is 2.62 bits per heavy atom. The molecular weight excluding hydrogens is 432 g/mol. The molecular formula is C22H27ClN6O3. The van der Waals surface area contributed by atoms with E-state index in [1.807, 2.05) is 34.6 Å². The molecule has 32 heavy (non-hydrogen) atoms. The van der Waals surface area contributed by atoms with E-state index >= 15 is 0 Å². The van der Waals surface area contributed by atoms with E-state index in [1.165, 1.54) is 6.33 Å². The molecule has 0 spiro atoms. The fourth-order valence-electron chi connectivity index (χ4n) is 3.94. The van der Waals surface area contributed by atoms with Gasteiger partial charge in [-0.25, -0.2) is 19.7 Å². The number of pyridine rings is 1. The predicted octanol–water partition coefficient (Wildman–Crippen LogP) is 4.01. The zero-order valence-electron chi connectivity index (χ0n) is 18.8. The standard InChI is InChI=1S/C22H27ClN6O3/c1-13-10-28(21(31)32-22(3,4)5)14(2)9-27(13)19-18-16(30)11-29(20(18)26-12-25-19)17-8-15(23)6-7-24-17/h6-8,11-14,30H,9-10H2,1-5H3/t13?,14-/m0/s1. The van der Waals surface area contributed by atoms with Gasteiger partial charge in [-0.1, -0.05) is 11.6 Å². The third kappa shape index (κ3) is 4.17. The largest absolute Gasteiger partial charge is 0.505 e. The number of fused-ring (bicyclic) bond motifs is 1. The molecule has 0 saturated carbocycles. The number of carbonyl (C=O) groups is 1. The Balaban J connectivity index is 1.68. The van der Waals surface area contributed by atoms with Gasteiger partial charge in [0.05, 0.1) is 6.20 Å². The van der Waals surface area contributed by atoms with Crippen LogP contribution in [0.4, 0.5) is 10.6 Å². The van der Waals surface area contributed by atoms with E-state index in [0.29, 0.717) is 40.8 Å². The van der Waals surface area contributed by atoms with Gasteiger partial charge < -0.3 is 19.6 Å². The maximum absolute atomic E-state index is 12.7. The Bertz CT molecular complexity index is 1160. The summed E-state index contributed by atoms with van der Waals surface area (Å²) >= 11 is 6.12. The summed E-state index contributed by atoms with van der Waals surface area (Å²) in [7, 11) is 0. The SMILES string of the molecule is CC1CN(C(=O)OC(C)(C)C)[C@@H](C)CN1c1ncnc2c1c(O)cn2-c1cc(Cl)ccn1. The van der Waals surface area contributed by atoms with Gasteiger partial charge in [-0.15, -0.1) is 0 Å². The van der Waals surface area contributed by atoms with Crippen LogP contribution in [0, 0.1) is 0 Å². The van der Waals surface area contributed by atoms with Crippen molar-refractivity contribution in [3.05, 3.63) is 35.9 Å². The molecule has 0 bridgehead atoms. The summed E-state index contributed by atoms with van der Waals surface area (Å²) in [5, 5.41) is 11.8. The van der Waals surface area contributed by atoms with Crippen LogP contribution in [0.5, 0.6) is 5.75 Å². The summed E-state index contributed by atoms with van der Waals surface area (Å²) in [6.07, 6.45) is 4.30. The van der Waals surface area contributed by atoms with E-state index < -0.39 is 5.60 Å². The molecule has 1 N–H and O–H groups in total. The highest BCUT2D eigenvalue weighted by Crippen LogP contribution is 2.36. The molecule has 1 amide bonds. The second-order valence-corrected chi connectivity index (χ2v) is 9.53. The van der Waals surface area contributed by atoms with Gasteiger partial charge in [0, 0.05) is 42.5 Å². The van der Waals surface area contributed by atoms with Crippen LogP contribution in [0.25, 0.3) is 16.9 Å². The quantitative estimate of drug-likeness (QED) is 0.619. The van der Waals surface area contributed by atoms with Crippen LogP contribution in [0.1, 0.15) is 34.6 Å². The van der Waals surface area contributed by atoms with E-state index in [0.717, 1.165) is 0 Å². The first-order valence-corrected chi connectivity index (χ1v) is 10.9. The lowest BCUT2D eigenvalue weighted by Gasteiger charge is -2.44. The maximum atomic E-state index is 12.7. The summed E-state index contributed by atoms with van der Waals surface area (Å²) < 4.78 is 7.26. The Kier molecular flexibility index (Phi) is 5.62. The lowest BCUT2D eigenvalue weighted by atomic mass is 10.1. The molecule has 4 rings (SSSR count). The first kappa shape index (κ1) is 22.1. The van der Waals surface area contributed by atoms with E-state index in [4.69, 9.17) is 16.3 Å². The number of halogens is 1. The third-order valence-electron chi connectivity index (χ3n) is 5.38. The van der Waals surface area contributed by atoms with Crippen molar-refractivity contribution < 1.29 is 14.6 Å². The van der Waals surface area contributed by atoms with Gasteiger partial charge in [0.1, 0.15) is 34.7 Å². The Morgan fingerprint density at radius 2 is 1.94 bits per heavy atom. The van der Waals surface area contributed by atoms with Crippen LogP contribution in [-0.4, -0.2) is 66.4 Å². The number of hydrogen-bond donors (Lipinski definition) is 1. The average molecular weight is 459 g/mol. The number of carbonyl (C=O) groups excluding carboxylic acids is 1. The number of aromatic hydroxyl groups is 1. The Morgan fingerprint density at radius 1 is 1.19 bits per heavy atom. The molecule has 1 saturated heterocycles. The van der Waals surface area contributed by atoms with Crippen molar-refractivity contribution >= 4 is 34.5 Å². The first-order valence-electron chi connectivity index (χ1n) is 10.5. The van der Waals surface area contributed by atoms with Gasteiger partial charge >= 0.3 is 6.09 Å². The van der Waals surface area contributed by atoms with Crippen molar-refractivity contribution in [3.63, 3.8) is 0 Å². The number of aromatic nitrogens is 4. The first-order chi connectivity index (χ1) is 15.0. The van der Waals surface area contributed by atoms with Crippen molar-refractivity contribution in [1.82, 2.24) is 24.4 Å². The summed E-state index contributed by atoms with van der Waals surface area (Å²) in [5.41, 5.74) is -0.0318. The summed E-state index contributed by atoms with van der Waals surface area (Å²) in [6.45, 7) is 10.6. The van der Waals surface area contributed by atoms with Crippen molar-refractivity contribution in [2.75, 3.05) is 18.0 Å². The molecule has 3 aromatic rings. The number of anilines is 1. The number of amides is 1. The molecule has 0 aliphatic carbocycles. The van der Waals surface area contributed by atoms with Crippen LogP contribution >= 0.6 is 11.6 Å². The van der Waals surface area contributed by atoms with Gasteiger partial charge in [-0.3, -0.25) is 4.57 Å². The zero-order chi connectivity index (χ0) is 23.2. The lowest BCUT2D eigenvalue weighted by Crippen LogP contribution is -2.59. The average Bonchev–Trinajstić information content (AvgIpc) is 3.05. The predicted molar refractivity (Wildman–Crippen MR) is 123 cm³/mol. The molecule has 3 aromatic heterocycles. The smallest absolute Gasteiger partial charge is 0.410 e. The molecule has 1 fully saturated rings. The van der Waals surface area contributed by atoms with E-state index in [9.17, 15) is 9.90 Å².